The van der Waals surface area contributed by atoms with E-state index in [9.17, 15) is 0 Å². The minimum Gasteiger partial charge on any atom is -0.497 e. The minimum atomic E-state index is 0.781. The normalized spacial score (nSPS) is 10.3. The predicted octanol–water partition coefficient (Wildman–Crippen LogP) is 4.24. The monoisotopic (exact) mass is 285 g/mol. The van der Waals surface area contributed by atoms with E-state index >= 15 is 0 Å². The van der Waals surface area contributed by atoms with Crippen LogP contribution in [0.2, 0.25) is 0 Å². The minimum absolute atomic E-state index is 0.781. The Morgan fingerprint density at radius 2 is 1.33 bits per heavy atom. The average molecular weight is 285 g/mol. The Labute approximate surface area is 126 Å². The Morgan fingerprint density at radius 1 is 0.762 bits per heavy atom. The zero-order chi connectivity index (χ0) is 15.4. The molecule has 0 saturated carbocycles. The lowest BCUT2D eigenvalue weighted by atomic mass is 10.0. The van der Waals surface area contributed by atoms with E-state index in [4.69, 9.17) is 9.47 Å². The lowest BCUT2D eigenvalue weighted by molar-refractivity contribution is 0.394. The second-order valence-corrected chi connectivity index (χ2v) is 5.32. The van der Waals surface area contributed by atoms with Crippen molar-refractivity contribution in [2.75, 3.05) is 19.5 Å². The molecule has 0 heterocycles. The van der Waals surface area contributed by atoms with E-state index in [0.29, 0.717) is 0 Å². The first-order valence-corrected chi connectivity index (χ1v) is 7.07. The van der Waals surface area contributed by atoms with Crippen LogP contribution >= 0.6 is 0 Å². The van der Waals surface area contributed by atoms with Crippen LogP contribution in [0.15, 0.2) is 30.3 Å². The fraction of sp³-hybridized carbons (Fsp3) is 0.333. The van der Waals surface area contributed by atoms with Crippen LogP contribution < -0.4 is 14.8 Å². The summed E-state index contributed by atoms with van der Waals surface area (Å²) in [5.74, 6) is 1.57. The van der Waals surface area contributed by atoms with Crippen LogP contribution in [0.1, 0.15) is 22.3 Å². The van der Waals surface area contributed by atoms with Gasteiger partial charge in [0.05, 0.1) is 14.2 Å². The standard InChI is InChI=1S/C18H23NO2/c1-12-6-14(3)15(7-13(12)2)11-19-16-8-17(20-4)10-18(9-16)21-5/h6-10,19H,11H2,1-5H3. The Hall–Kier alpha value is -2.16. The van der Waals surface area contributed by atoms with Crippen LogP contribution in [0.3, 0.4) is 0 Å². The van der Waals surface area contributed by atoms with Gasteiger partial charge in [0.25, 0.3) is 0 Å². The zero-order valence-corrected chi connectivity index (χ0v) is 13.4. The smallest absolute Gasteiger partial charge is 0.124 e. The molecular formula is C18H23NO2. The Morgan fingerprint density at radius 3 is 1.90 bits per heavy atom. The highest BCUT2D eigenvalue weighted by atomic mass is 16.5. The molecule has 0 aliphatic carbocycles. The lowest BCUT2D eigenvalue weighted by Gasteiger charge is -2.13. The van der Waals surface area contributed by atoms with E-state index < -0.39 is 0 Å². The Bertz CT molecular complexity index is 613. The molecule has 1 N–H and O–H groups in total. The fourth-order valence-corrected chi connectivity index (χ4v) is 2.32. The van der Waals surface area contributed by atoms with E-state index in [1.54, 1.807) is 14.2 Å². The molecule has 3 heteroatoms. The summed E-state index contributed by atoms with van der Waals surface area (Å²) < 4.78 is 10.6. The van der Waals surface area contributed by atoms with Gasteiger partial charge < -0.3 is 14.8 Å². The summed E-state index contributed by atoms with van der Waals surface area (Å²) in [6.07, 6.45) is 0. The molecule has 0 unspecified atom stereocenters. The van der Waals surface area contributed by atoms with Gasteiger partial charge in [-0.25, -0.2) is 0 Å². The molecule has 0 amide bonds. The maximum Gasteiger partial charge on any atom is 0.124 e. The first-order valence-electron chi connectivity index (χ1n) is 7.07. The summed E-state index contributed by atoms with van der Waals surface area (Å²) in [4.78, 5) is 0. The average Bonchev–Trinajstić information content (AvgIpc) is 2.49. The molecule has 2 rings (SSSR count). The summed E-state index contributed by atoms with van der Waals surface area (Å²) in [5, 5.41) is 3.44. The molecule has 0 atom stereocenters. The molecule has 0 bridgehead atoms. The van der Waals surface area contributed by atoms with E-state index in [1.165, 1.54) is 22.3 Å². The molecular weight excluding hydrogens is 262 g/mol. The molecule has 2 aromatic rings. The van der Waals surface area contributed by atoms with E-state index in [-0.39, 0.29) is 0 Å². The highest BCUT2D eigenvalue weighted by molar-refractivity contribution is 5.54. The lowest BCUT2D eigenvalue weighted by Crippen LogP contribution is -2.03. The maximum absolute atomic E-state index is 5.29. The third kappa shape index (κ3) is 3.69. The summed E-state index contributed by atoms with van der Waals surface area (Å²) in [5.41, 5.74) is 6.25. The van der Waals surface area contributed by atoms with Crippen molar-refractivity contribution in [2.45, 2.75) is 27.3 Å². The van der Waals surface area contributed by atoms with Crippen molar-refractivity contribution in [3.8, 4) is 11.5 Å². The van der Waals surface area contributed by atoms with E-state index in [2.05, 4.69) is 38.2 Å². The van der Waals surface area contributed by atoms with Crippen molar-refractivity contribution >= 4 is 5.69 Å². The summed E-state index contributed by atoms with van der Waals surface area (Å²) in [6.45, 7) is 7.22. The van der Waals surface area contributed by atoms with Gasteiger partial charge in [0.1, 0.15) is 11.5 Å². The van der Waals surface area contributed by atoms with Crippen LogP contribution in [0.4, 0.5) is 5.69 Å². The van der Waals surface area contributed by atoms with Gasteiger partial charge in [-0.05, 0) is 43.0 Å². The fourth-order valence-electron chi connectivity index (χ4n) is 2.32. The van der Waals surface area contributed by atoms with Crippen molar-refractivity contribution in [3.05, 3.63) is 52.6 Å². The largest absolute Gasteiger partial charge is 0.497 e. The summed E-state index contributed by atoms with van der Waals surface area (Å²) in [7, 11) is 3.32. The molecule has 3 nitrogen and oxygen atoms in total. The van der Waals surface area contributed by atoms with Crippen molar-refractivity contribution in [1.29, 1.82) is 0 Å². The molecule has 0 aliphatic rings. The molecule has 0 fully saturated rings. The number of hydrogen-bond donors (Lipinski definition) is 1. The SMILES string of the molecule is COc1cc(NCc2cc(C)c(C)cc2C)cc(OC)c1. The van der Waals surface area contributed by atoms with Gasteiger partial charge in [-0.1, -0.05) is 12.1 Å². The predicted molar refractivity (Wildman–Crippen MR) is 87.5 cm³/mol. The maximum atomic E-state index is 5.29. The highest BCUT2D eigenvalue weighted by Gasteiger charge is 2.04. The molecule has 0 spiro atoms. The number of benzene rings is 2. The number of rotatable bonds is 5. The molecule has 21 heavy (non-hydrogen) atoms. The summed E-state index contributed by atoms with van der Waals surface area (Å²) in [6, 6.07) is 10.3. The first kappa shape index (κ1) is 15.2. The van der Waals surface area contributed by atoms with Crippen molar-refractivity contribution in [3.63, 3.8) is 0 Å². The molecule has 2 aromatic carbocycles. The van der Waals surface area contributed by atoms with Crippen molar-refractivity contribution in [2.24, 2.45) is 0 Å². The zero-order valence-electron chi connectivity index (χ0n) is 13.4. The summed E-state index contributed by atoms with van der Waals surface area (Å²) >= 11 is 0. The van der Waals surface area contributed by atoms with Crippen LogP contribution in [-0.2, 0) is 6.54 Å². The molecule has 112 valence electrons. The van der Waals surface area contributed by atoms with Crippen LogP contribution in [0.25, 0.3) is 0 Å². The van der Waals surface area contributed by atoms with E-state index in [0.717, 1.165) is 23.7 Å². The molecule has 0 radical (unpaired) electrons. The van der Waals surface area contributed by atoms with Crippen LogP contribution in [0.5, 0.6) is 11.5 Å². The van der Waals surface area contributed by atoms with Crippen molar-refractivity contribution in [1.82, 2.24) is 0 Å². The topological polar surface area (TPSA) is 30.5 Å². The van der Waals surface area contributed by atoms with Crippen LogP contribution in [-0.4, -0.2) is 14.2 Å². The van der Waals surface area contributed by atoms with Gasteiger partial charge in [0.2, 0.25) is 0 Å². The Kier molecular flexibility index (Phi) is 4.73. The molecule has 0 aromatic heterocycles. The highest BCUT2D eigenvalue weighted by Crippen LogP contribution is 2.26. The number of hydrogen-bond acceptors (Lipinski definition) is 3. The van der Waals surface area contributed by atoms with Gasteiger partial charge >= 0.3 is 0 Å². The van der Waals surface area contributed by atoms with Gasteiger partial charge in [-0.2, -0.15) is 0 Å². The number of methoxy groups -OCH3 is 2. The first-order chi connectivity index (χ1) is 10.0. The van der Waals surface area contributed by atoms with Gasteiger partial charge in [-0.15, -0.1) is 0 Å². The van der Waals surface area contributed by atoms with Gasteiger partial charge in [0, 0.05) is 30.4 Å². The number of ether oxygens (including phenoxy) is 2. The van der Waals surface area contributed by atoms with Gasteiger partial charge in [-0.3, -0.25) is 0 Å². The quantitative estimate of drug-likeness (QED) is 0.891. The number of nitrogens with one attached hydrogen (secondary N) is 1. The number of anilines is 1. The van der Waals surface area contributed by atoms with Gasteiger partial charge in [0.15, 0.2) is 0 Å². The molecule has 0 saturated heterocycles. The Balaban J connectivity index is 2.18. The van der Waals surface area contributed by atoms with Crippen LogP contribution in [0, 0.1) is 20.8 Å². The van der Waals surface area contributed by atoms with E-state index in [1.807, 2.05) is 18.2 Å². The second-order valence-electron chi connectivity index (χ2n) is 5.32. The third-order valence-corrected chi connectivity index (χ3v) is 3.79. The van der Waals surface area contributed by atoms with Crippen molar-refractivity contribution < 1.29 is 9.47 Å². The molecule has 0 aliphatic heterocycles. The number of aryl methyl sites for hydroxylation is 3. The second kappa shape index (κ2) is 6.53. The third-order valence-electron chi connectivity index (χ3n) is 3.79.